The summed E-state index contributed by atoms with van der Waals surface area (Å²) in [4.78, 5) is 16.4. The summed E-state index contributed by atoms with van der Waals surface area (Å²) in [6.45, 7) is 5.00. The molecule has 0 spiro atoms. The van der Waals surface area contributed by atoms with Gasteiger partial charge in [0.1, 0.15) is 0 Å². The van der Waals surface area contributed by atoms with E-state index in [1.54, 1.807) is 6.20 Å². The molecule has 2 N–H and O–H groups in total. The third-order valence-corrected chi connectivity index (χ3v) is 5.11. The monoisotopic (exact) mass is 361 g/mol. The van der Waals surface area contributed by atoms with Crippen LogP contribution in [0.15, 0.2) is 34.9 Å². The fourth-order valence-corrected chi connectivity index (χ4v) is 3.27. The number of nitrogens with zero attached hydrogens (tertiary/aromatic N) is 1. The number of hydrogen-bond donors (Lipinski definition) is 2. The number of carbonyl (C=O) groups excluding carboxylic acids is 1. The normalized spacial score (nSPS) is 16.6. The Morgan fingerprint density at radius 3 is 2.88 bits per heavy atom. The Morgan fingerprint density at radius 2 is 2.12 bits per heavy atom. The van der Waals surface area contributed by atoms with Crippen molar-refractivity contribution in [2.24, 2.45) is 5.41 Å². The summed E-state index contributed by atoms with van der Waals surface area (Å²) in [5.41, 5.74) is 1.01. The summed E-state index contributed by atoms with van der Waals surface area (Å²) in [7, 11) is 0. The average Bonchev–Trinajstić information content (AvgIpc) is 3.08. The number of rotatable bonds is 6. The lowest BCUT2D eigenvalue weighted by Gasteiger charge is -2.34. The summed E-state index contributed by atoms with van der Waals surface area (Å²) >= 11 is 6.17. The van der Waals surface area contributed by atoms with Crippen LogP contribution in [0.3, 0.4) is 0 Å². The van der Waals surface area contributed by atoms with Crippen molar-refractivity contribution in [3.63, 3.8) is 0 Å². The second kappa shape index (κ2) is 8.02. The minimum atomic E-state index is 0.0391. The van der Waals surface area contributed by atoms with Crippen molar-refractivity contribution in [3.8, 4) is 11.3 Å². The first-order valence-electron chi connectivity index (χ1n) is 8.73. The van der Waals surface area contributed by atoms with E-state index < -0.39 is 0 Å². The molecule has 1 amide bonds. The van der Waals surface area contributed by atoms with Gasteiger partial charge in [0.05, 0.1) is 11.2 Å². The molecule has 1 aliphatic heterocycles. The molecule has 134 valence electrons. The largest absolute Gasteiger partial charge is 0.441 e. The van der Waals surface area contributed by atoms with E-state index in [4.69, 9.17) is 16.0 Å². The highest BCUT2D eigenvalue weighted by Crippen LogP contribution is 2.28. The van der Waals surface area contributed by atoms with Crippen LogP contribution in [0, 0.1) is 5.41 Å². The van der Waals surface area contributed by atoms with Crippen LogP contribution in [0.25, 0.3) is 11.3 Å². The van der Waals surface area contributed by atoms with Gasteiger partial charge in [-0.2, -0.15) is 0 Å². The zero-order chi connectivity index (χ0) is 17.7. The topological polar surface area (TPSA) is 67.2 Å². The van der Waals surface area contributed by atoms with E-state index in [0.717, 1.165) is 38.0 Å². The maximum Gasteiger partial charge on any atom is 0.220 e. The van der Waals surface area contributed by atoms with E-state index in [9.17, 15) is 4.79 Å². The van der Waals surface area contributed by atoms with Crippen molar-refractivity contribution >= 4 is 17.5 Å². The molecule has 1 aromatic heterocycles. The first-order chi connectivity index (χ1) is 12.1. The van der Waals surface area contributed by atoms with Crippen molar-refractivity contribution in [1.29, 1.82) is 0 Å². The number of halogens is 1. The Bertz CT molecular complexity index is 723. The van der Waals surface area contributed by atoms with Crippen LogP contribution in [0.1, 0.15) is 32.1 Å². The van der Waals surface area contributed by atoms with Gasteiger partial charge in [0.2, 0.25) is 5.91 Å². The number of benzene rings is 1. The number of hydrogen-bond acceptors (Lipinski definition) is 4. The summed E-state index contributed by atoms with van der Waals surface area (Å²) in [5, 5.41) is 7.03. The molecule has 0 bridgehead atoms. The molecule has 0 radical (unpaired) electrons. The Labute approximate surface area is 153 Å². The van der Waals surface area contributed by atoms with Gasteiger partial charge in [0.15, 0.2) is 11.7 Å². The first kappa shape index (κ1) is 18.0. The van der Waals surface area contributed by atoms with Crippen LogP contribution < -0.4 is 10.6 Å². The molecule has 25 heavy (non-hydrogen) atoms. The fourth-order valence-electron chi connectivity index (χ4n) is 3.04. The van der Waals surface area contributed by atoms with Gasteiger partial charge in [-0.25, -0.2) is 4.98 Å². The Hall–Kier alpha value is -1.85. The van der Waals surface area contributed by atoms with E-state index in [1.807, 2.05) is 24.3 Å². The molecule has 2 aromatic rings. The average molecular weight is 362 g/mol. The predicted octanol–water partition coefficient (Wildman–Crippen LogP) is 3.43. The van der Waals surface area contributed by atoms with Crippen molar-refractivity contribution in [2.45, 2.75) is 32.6 Å². The van der Waals surface area contributed by atoms with Crippen LogP contribution in [-0.2, 0) is 11.2 Å². The van der Waals surface area contributed by atoms with Gasteiger partial charge in [0.25, 0.3) is 0 Å². The number of aryl methyl sites for hydroxylation is 1. The molecule has 5 nitrogen and oxygen atoms in total. The van der Waals surface area contributed by atoms with E-state index in [0.29, 0.717) is 29.5 Å². The molecular weight excluding hydrogens is 338 g/mol. The fraction of sp³-hybridized carbons (Fsp3) is 0.474. The van der Waals surface area contributed by atoms with Gasteiger partial charge in [-0.15, -0.1) is 0 Å². The standard InChI is InChI=1S/C19H24ClN3O2/c1-19(8-10-21-11-9-19)13-23-17(24)6-7-18-22-12-16(25-18)14-4-2-3-5-15(14)20/h2-5,12,21H,6-11,13H2,1H3,(H,23,24). The molecule has 3 rings (SSSR count). The van der Waals surface area contributed by atoms with Gasteiger partial charge in [-0.1, -0.05) is 30.7 Å². The number of nitrogens with one attached hydrogen (secondary N) is 2. The quantitative estimate of drug-likeness (QED) is 0.827. The highest BCUT2D eigenvalue weighted by Gasteiger charge is 2.26. The molecule has 0 atom stereocenters. The molecule has 1 fully saturated rings. The molecule has 0 unspecified atom stereocenters. The molecule has 0 saturated carbocycles. The van der Waals surface area contributed by atoms with Gasteiger partial charge in [-0.3, -0.25) is 4.79 Å². The lowest BCUT2D eigenvalue weighted by molar-refractivity contribution is -0.121. The number of piperidine rings is 1. The maximum atomic E-state index is 12.1. The second-order valence-electron chi connectivity index (χ2n) is 6.94. The molecule has 2 heterocycles. The van der Waals surface area contributed by atoms with Gasteiger partial charge < -0.3 is 15.1 Å². The van der Waals surface area contributed by atoms with Crippen LogP contribution in [0.5, 0.6) is 0 Å². The van der Waals surface area contributed by atoms with Crippen molar-refractivity contribution < 1.29 is 9.21 Å². The highest BCUT2D eigenvalue weighted by atomic mass is 35.5. The predicted molar refractivity (Wildman–Crippen MR) is 98.5 cm³/mol. The second-order valence-corrected chi connectivity index (χ2v) is 7.34. The van der Waals surface area contributed by atoms with Crippen molar-refractivity contribution in [2.75, 3.05) is 19.6 Å². The van der Waals surface area contributed by atoms with E-state index in [1.165, 1.54) is 0 Å². The minimum absolute atomic E-state index is 0.0391. The summed E-state index contributed by atoms with van der Waals surface area (Å²) < 4.78 is 5.73. The highest BCUT2D eigenvalue weighted by molar-refractivity contribution is 6.33. The van der Waals surface area contributed by atoms with Gasteiger partial charge in [-0.05, 0) is 43.5 Å². The molecule has 6 heteroatoms. The van der Waals surface area contributed by atoms with Crippen LogP contribution in [-0.4, -0.2) is 30.5 Å². The molecule has 1 aromatic carbocycles. The summed E-state index contributed by atoms with van der Waals surface area (Å²) in [6.07, 6.45) is 4.69. The van der Waals surface area contributed by atoms with E-state index in [-0.39, 0.29) is 11.3 Å². The molecule has 1 aliphatic rings. The third kappa shape index (κ3) is 4.83. The Morgan fingerprint density at radius 1 is 1.36 bits per heavy atom. The maximum absolute atomic E-state index is 12.1. The molecular formula is C19H24ClN3O2. The van der Waals surface area contributed by atoms with Crippen molar-refractivity contribution in [1.82, 2.24) is 15.6 Å². The number of aromatic nitrogens is 1. The van der Waals surface area contributed by atoms with Crippen molar-refractivity contribution in [3.05, 3.63) is 41.4 Å². The van der Waals surface area contributed by atoms with Crippen LogP contribution in [0.2, 0.25) is 5.02 Å². The SMILES string of the molecule is CC1(CNC(=O)CCc2ncc(-c3ccccc3Cl)o2)CCNCC1. The number of oxazole rings is 1. The minimum Gasteiger partial charge on any atom is -0.441 e. The van der Waals surface area contributed by atoms with Crippen LogP contribution in [0.4, 0.5) is 0 Å². The Balaban J connectivity index is 1.49. The van der Waals surface area contributed by atoms with Crippen LogP contribution >= 0.6 is 11.6 Å². The Kier molecular flexibility index (Phi) is 5.76. The molecule has 0 aliphatic carbocycles. The number of amides is 1. The number of carbonyl (C=O) groups is 1. The zero-order valence-corrected chi connectivity index (χ0v) is 15.2. The smallest absolute Gasteiger partial charge is 0.220 e. The molecule has 1 saturated heterocycles. The summed E-state index contributed by atoms with van der Waals surface area (Å²) in [5.74, 6) is 1.22. The lowest BCUT2D eigenvalue weighted by atomic mass is 9.81. The lowest BCUT2D eigenvalue weighted by Crippen LogP contribution is -2.42. The van der Waals surface area contributed by atoms with E-state index >= 15 is 0 Å². The first-order valence-corrected chi connectivity index (χ1v) is 9.11. The zero-order valence-electron chi connectivity index (χ0n) is 14.5. The summed E-state index contributed by atoms with van der Waals surface area (Å²) in [6, 6.07) is 7.47. The van der Waals surface area contributed by atoms with Gasteiger partial charge in [0, 0.05) is 24.9 Å². The van der Waals surface area contributed by atoms with Gasteiger partial charge >= 0.3 is 0 Å². The van der Waals surface area contributed by atoms with E-state index in [2.05, 4.69) is 22.5 Å². The third-order valence-electron chi connectivity index (χ3n) is 4.78.